The highest BCUT2D eigenvalue weighted by Crippen LogP contribution is 1.96. The zero-order valence-electron chi connectivity index (χ0n) is 5.66. The maximum Gasteiger partial charge on any atom is 0.409 e. The number of rotatable bonds is 2. The van der Waals surface area contributed by atoms with Gasteiger partial charge in [-0.25, -0.2) is 4.79 Å². The Labute approximate surface area is 57.4 Å². The molecular formula is C5H7NO4. The molecule has 0 radical (unpaired) electrons. The van der Waals surface area contributed by atoms with Gasteiger partial charge in [0.05, 0.1) is 12.0 Å². The van der Waals surface area contributed by atoms with Crippen molar-refractivity contribution in [3.05, 3.63) is 21.9 Å². The van der Waals surface area contributed by atoms with Crippen molar-refractivity contribution >= 4 is 5.97 Å². The largest absolute Gasteiger partial charge is 0.461 e. The first kappa shape index (κ1) is 8.61. The molecule has 0 aromatic carbocycles. The second-order valence-electron chi connectivity index (χ2n) is 1.42. The van der Waals surface area contributed by atoms with E-state index in [9.17, 15) is 14.9 Å². The molecule has 10 heavy (non-hydrogen) atoms. The van der Waals surface area contributed by atoms with E-state index in [-0.39, 0.29) is 0 Å². The van der Waals surface area contributed by atoms with Crippen molar-refractivity contribution in [1.29, 1.82) is 0 Å². The van der Waals surface area contributed by atoms with Gasteiger partial charge in [-0.05, 0) is 13.0 Å². The fourth-order valence-corrected chi connectivity index (χ4v) is 0.402. The maximum absolute atomic E-state index is 10.5. The lowest BCUT2D eigenvalue weighted by atomic mass is 10.4. The standard InChI is InChI=1S/C5H7NO4/c1-3-4(6(8)9)5(7)10-2/h3H,1-2H3/b4-3-. The van der Waals surface area contributed by atoms with E-state index in [2.05, 4.69) is 4.74 Å². The molecule has 0 aromatic rings. The number of carbonyl (C=O) groups is 1. The lowest BCUT2D eigenvalue weighted by Crippen LogP contribution is -2.12. The molecule has 0 aromatic heterocycles. The highest BCUT2D eigenvalue weighted by molar-refractivity contribution is 5.85. The van der Waals surface area contributed by atoms with Crippen LogP contribution in [0, 0.1) is 10.1 Å². The van der Waals surface area contributed by atoms with Gasteiger partial charge in [0, 0.05) is 0 Å². The molecule has 0 bridgehead atoms. The molecule has 0 unspecified atom stereocenters. The number of hydrogen-bond acceptors (Lipinski definition) is 4. The van der Waals surface area contributed by atoms with Crippen LogP contribution in [0.3, 0.4) is 0 Å². The minimum Gasteiger partial charge on any atom is -0.461 e. The van der Waals surface area contributed by atoms with E-state index in [1.54, 1.807) is 0 Å². The third-order valence-electron chi connectivity index (χ3n) is 0.865. The third kappa shape index (κ3) is 1.85. The zero-order chi connectivity index (χ0) is 8.15. The molecule has 0 saturated heterocycles. The van der Waals surface area contributed by atoms with Gasteiger partial charge in [0.15, 0.2) is 0 Å². The van der Waals surface area contributed by atoms with Gasteiger partial charge in [0.2, 0.25) is 0 Å². The zero-order valence-corrected chi connectivity index (χ0v) is 5.66. The molecule has 0 spiro atoms. The number of hydrogen-bond donors (Lipinski definition) is 0. The molecule has 0 aliphatic rings. The predicted octanol–water partition coefficient (Wildman–Crippen LogP) is 0.340. The van der Waals surface area contributed by atoms with Crippen molar-refractivity contribution in [3.8, 4) is 0 Å². The summed E-state index contributed by atoms with van der Waals surface area (Å²) in [5.41, 5.74) is -0.539. The fraction of sp³-hybridized carbons (Fsp3) is 0.400. The predicted molar refractivity (Wildman–Crippen MR) is 32.8 cm³/mol. The van der Waals surface area contributed by atoms with Gasteiger partial charge >= 0.3 is 11.7 Å². The normalized spacial score (nSPS) is 10.8. The summed E-state index contributed by atoms with van der Waals surface area (Å²) < 4.78 is 4.12. The average Bonchev–Trinajstić information content (AvgIpc) is 1.88. The van der Waals surface area contributed by atoms with Gasteiger partial charge in [-0.3, -0.25) is 10.1 Å². The summed E-state index contributed by atoms with van der Waals surface area (Å²) >= 11 is 0. The average molecular weight is 145 g/mol. The summed E-state index contributed by atoms with van der Waals surface area (Å²) in [6.45, 7) is 1.40. The van der Waals surface area contributed by atoms with E-state index in [4.69, 9.17) is 0 Å². The molecule has 0 N–H and O–H groups in total. The number of nitrogens with zero attached hydrogens (tertiary/aromatic N) is 1. The highest BCUT2D eigenvalue weighted by Gasteiger charge is 2.20. The number of esters is 1. The van der Waals surface area contributed by atoms with Gasteiger partial charge in [-0.2, -0.15) is 0 Å². The quantitative estimate of drug-likeness (QED) is 0.243. The minimum atomic E-state index is -0.924. The molecule has 0 amide bonds. The maximum atomic E-state index is 10.5. The van der Waals surface area contributed by atoms with Crippen molar-refractivity contribution in [1.82, 2.24) is 0 Å². The summed E-state index contributed by atoms with van der Waals surface area (Å²) in [4.78, 5) is 19.6. The van der Waals surface area contributed by atoms with E-state index < -0.39 is 16.6 Å². The Hall–Kier alpha value is -1.39. The molecule has 5 nitrogen and oxygen atoms in total. The topological polar surface area (TPSA) is 69.4 Å². The first-order valence-corrected chi connectivity index (χ1v) is 2.52. The number of nitro groups is 1. The smallest absolute Gasteiger partial charge is 0.409 e. The van der Waals surface area contributed by atoms with Crippen LogP contribution in [-0.4, -0.2) is 18.0 Å². The van der Waals surface area contributed by atoms with Crippen LogP contribution in [0.25, 0.3) is 0 Å². The van der Waals surface area contributed by atoms with Crippen LogP contribution in [0.2, 0.25) is 0 Å². The van der Waals surface area contributed by atoms with Gasteiger partial charge in [-0.1, -0.05) is 0 Å². The Morgan fingerprint density at radius 1 is 1.70 bits per heavy atom. The van der Waals surface area contributed by atoms with Crippen molar-refractivity contribution in [2.24, 2.45) is 0 Å². The van der Waals surface area contributed by atoms with Crippen LogP contribution in [0.1, 0.15) is 6.92 Å². The monoisotopic (exact) mass is 145 g/mol. The Bertz CT molecular complexity index is 184. The molecule has 56 valence electrons. The number of carbonyl (C=O) groups excluding carboxylic acids is 1. The van der Waals surface area contributed by atoms with Gasteiger partial charge in [0.25, 0.3) is 0 Å². The summed E-state index contributed by atoms with van der Waals surface area (Å²) in [5.74, 6) is -0.924. The van der Waals surface area contributed by atoms with Crippen LogP contribution in [0.4, 0.5) is 0 Å². The summed E-state index contributed by atoms with van der Waals surface area (Å²) in [7, 11) is 1.09. The van der Waals surface area contributed by atoms with Gasteiger partial charge < -0.3 is 4.74 Å². The third-order valence-corrected chi connectivity index (χ3v) is 0.865. The summed E-state index contributed by atoms with van der Waals surface area (Å²) in [6.07, 6.45) is 1.09. The molecule has 0 heterocycles. The molecule has 0 rings (SSSR count). The summed E-state index contributed by atoms with van der Waals surface area (Å²) in [6, 6.07) is 0. The number of ether oxygens (including phenoxy) is 1. The Kier molecular flexibility index (Phi) is 3.10. The van der Waals surface area contributed by atoms with E-state index >= 15 is 0 Å². The van der Waals surface area contributed by atoms with E-state index in [1.165, 1.54) is 6.92 Å². The van der Waals surface area contributed by atoms with Crippen LogP contribution in [0.5, 0.6) is 0 Å². The second kappa shape index (κ2) is 3.60. The minimum absolute atomic E-state index is 0.539. The van der Waals surface area contributed by atoms with Crippen LogP contribution >= 0.6 is 0 Å². The first-order valence-electron chi connectivity index (χ1n) is 2.52. The Morgan fingerprint density at radius 3 is 2.30 bits per heavy atom. The molecule has 0 saturated carbocycles. The lowest BCUT2D eigenvalue weighted by molar-refractivity contribution is -0.421. The van der Waals surface area contributed by atoms with Gasteiger partial charge in [-0.15, -0.1) is 0 Å². The van der Waals surface area contributed by atoms with E-state index in [1.807, 2.05) is 0 Å². The second-order valence-corrected chi connectivity index (χ2v) is 1.42. The van der Waals surface area contributed by atoms with E-state index in [0.29, 0.717) is 0 Å². The summed E-state index contributed by atoms with van der Waals surface area (Å²) in [5, 5.41) is 9.97. The highest BCUT2D eigenvalue weighted by atomic mass is 16.6. The fourth-order valence-electron chi connectivity index (χ4n) is 0.402. The van der Waals surface area contributed by atoms with Crippen molar-refractivity contribution in [2.75, 3.05) is 7.11 Å². The Balaban J connectivity index is 4.39. The van der Waals surface area contributed by atoms with Crippen LogP contribution < -0.4 is 0 Å². The van der Waals surface area contributed by atoms with Crippen molar-refractivity contribution in [2.45, 2.75) is 6.92 Å². The SMILES string of the molecule is C/C=C(/C(=O)OC)[N+](=O)[O-]. The molecule has 0 fully saturated rings. The molecular weight excluding hydrogens is 138 g/mol. The first-order chi connectivity index (χ1) is 4.63. The molecule has 0 aliphatic heterocycles. The van der Waals surface area contributed by atoms with Crippen LogP contribution in [0.15, 0.2) is 11.8 Å². The van der Waals surface area contributed by atoms with Crippen molar-refractivity contribution < 1.29 is 14.5 Å². The molecule has 0 aliphatic carbocycles. The number of allylic oxidation sites excluding steroid dienone is 1. The van der Waals surface area contributed by atoms with E-state index in [0.717, 1.165) is 13.2 Å². The van der Waals surface area contributed by atoms with Crippen molar-refractivity contribution in [3.63, 3.8) is 0 Å². The van der Waals surface area contributed by atoms with Gasteiger partial charge in [0.1, 0.15) is 0 Å². The number of methoxy groups -OCH3 is 1. The molecule has 0 atom stereocenters. The Morgan fingerprint density at radius 2 is 2.20 bits per heavy atom. The van der Waals surface area contributed by atoms with Crippen LogP contribution in [-0.2, 0) is 9.53 Å². The molecule has 5 heteroatoms. The lowest BCUT2D eigenvalue weighted by Gasteiger charge is -1.92.